The average molecular weight is 673 g/mol. The molecular weight excluding hydrogens is 630 g/mol. The Morgan fingerprint density at radius 3 is 2.52 bits per heavy atom. The molecule has 4 aliphatic rings. The van der Waals surface area contributed by atoms with Crippen molar-refractivity contribution < 1.29 is 33.8 Å². The number of halogens is 1. The number of amides is 3. The maximum Gasteiger partial charge on any atom is 0.313 e. The largest absolute Gasteiger partial charge is 0.455 e. The summed E-state index contributed by atoms with van der Waals surface area (Å²) >= 11 is 3.58. The highest BCUT2D eigenvalue weighted by molar-refractivity contribution is 9.11. The second-order valence-corrected chi connectivity index (χ2v) is 13.0. The molecule has 4 heterocycles. The summed E-state index contributed by atoms with van der Waals surface area (Å²) in [6, 6.07) is 7.64. The summed E-state index contributed by atoms with van der Waals surface area (Å²) < 4.78 is 13.3. The van der Waals surface area contributed by atoms with E-state index in [1.165, 1.54) is 4.90 Å². The lowest BCUT2D eigenvalue weighted by atomic mass is 9.74. The molecule has 44 heavy (non-hydrogen) atoms. The van der Waals surface area contributed by atoms with E-state index >= 15 is 0 Å². The van der Waals surface area contributed by atoms with Gasteiger partial charge in [-0.2, -0.15) is 0 Å². The van der Waals surface area contributed by atoms with Gasteiger partial charge in [0.25, 0.3) is 0 Å². The summed E-state index contributed by atoms with van der Waals surface area (Å²) in [7, 11) is 0. The molecule has 0 aliphatic carbocycles. The number of aliphatic hydroxyl groups excluding tert-OH is 1. The molecule has 10 nitrogen and oxygen atoms in total. The van der Waals surface area contributed by atoms with Crippen LogP contribution in [0.4, 0.5) is 0 Å². The Balaban J connectivity index is 1.58. The Bertz CT molecular complexity index is 1300. The van der Waals surface area contributed by atoms with Crippen molar-refractivity contribution in [3.05, 3.63) is 58.6 Å². The maximum absolute atomic E-state index is 14.5. The SMILES string of the molecule is CCCCCN1C/C=C\CCC(=O)N[C@@H](C)[C@H](c2ccccc2)OC(=O)[C@H]2[C@@H]3O[C@@]4(C=C3Br)[C@@H]2C(=O)N(CCCO)[C@@H]4C1=O. The van der Waals surface area contributed by atoms with Gasteiger partial charge in [0.05, 0.1) is 12.0 Å². The fourth-order valence-corrected chi connectivity index (χ4v) is 7.74. The van der Waals surface area contributed by atoms with E-state index in [1.807, 2.05) is 42.5 Å². The van der Waals surface area contributed by atoms with E-state index in [0.717, 1.165) is 19.3 Å². The number of carbonyl (C=O) groups excluding carboxylic acids is 4. The minimum Gasteiger partial charge on any atom is -0.455 e. The van der Waals surface area contributed by atoms with Gasteiger partial charge in [0.15, 0.2) is 0 Å². The molecule has 1 aromatic carbocycles. The van der Waals surface area contributed by atoms with Gasteiger partial charge >= 0.3 is 5.97 Å². The van der Waals surface area contributed by atoms with E-state index in [-0.39, 0.29) is 43.7 Å². The van der Waals surface area contributed by atoms with E-state index < -0.39 is 47.7 Å². The molecule has 11 heteroatoms. The van der Waals surface area contributed by atoms with Crippen molar-refractivity contribution in [1.82, 2.24) is 15.1 Å². The topological polar surface area (TPSA) is 125 Å². The number of rotatable bonds is 8. The Labute approximate surface area is 266 Å². The highest BCUT2D eigenvalue weighted by atomic mass is 79.9. The third-order valence-electron chi connectivity index (χ3n) is 9.08. The van der Waals surface area contributed by atoms with Crippen LogP contribution in [0.15, 0.2) is 53.0 Å². The number of nitrogens with one attached hydrogen (secondary N) is 1. The van der Waals surface area contributed by atoms with Crippen LogP contribution in [0.25, 0.3) is 0 Å². The van der Waals surface area contributed by atoms with Crippen molar-refractivity contribution in [2.75, 3.05) is 26.2 Å². The van der Waals surface area contributed by atoms with Gasteiger partial charge < -0.3 is 29.7 Å². The van der Waals surface area contributed by atoms with Crippen molar-refractivity contribution in [2.45, 2.75) is 82.3 Å². The molecule has 238 valence electrons. The van der Waals surface area contributed by atoms with Crippen molar-refractivity contribution in [2.24, 2.45) is 11.8 Å². The molecule has 2 saturated heterocycles. The number of nitrogens with zero attached hydrogens (tertiary/aromatic N) is 2. The van der Waals surface area contributed by atoms with E-state index in [1.54, 1.807) is 17.9 Å². The minimum absolute atomic E-state index is 0.151. The summed E-state index contributed by atoms with van der Waals surface area (Å²) in [4.78, 5) is 59.0. The fourth-order valence-electron chi connectivity index (χ4n) is 7.01. The normalized spacial score (nSPS) is 33.2. The Morgan fingerprint density at radius 1 is 1.02 bits per heavy atom. The first-order chi connectivity index (χ1) is 21.2. The fraction of sp³-hybridized carbons (Fsp3) is 0.576. The molecule has 0 unspecified atom stereocenters. The molecule has 1 aromatic rings. The first-order valence-corrected chi connectivity index (χ1v) is 16.5. The molecular formula is C33H42BrN3O7. The van der Waals surface area contributed by atoms with Gasteiger partial charge in [0.2, 0.25) is 17.7 Å². The predicted molar refractivity (Wildman–Crippen MR) is 166 cm³/mol. The first-order valence-electron chi connectivity index (χ1n) is 15.7. The minimum atomic E-state index is -1.36. The first kappa shape index (κ1) is 32.4. The number of esters is 1. The van der Waals surface area contributed by atoms with Crippen LogP contribution >= 0.6 is 15.9 Å². The number of fused-ring (bicyclic) bond motifs is 2. The molecule has 0 saturated carbocycles. The van der Waals surface area contributed by atoms with Gasteiger partial charge in [-0.3, -0.25) is 19.2 Å². The van der Waals surface area contributed by atoms with Gasteiger partial charge in [-0.15, -0.1) is 0 Å². The molecule has 2 N–H and O–H groups in total. The van der Waals surface area contributed by atoms with Gasteiger partial charge in [0.1, 0.15) is 29.8 Å². The van der Waals surface area contributed by atoms with Gasteiger partial charge in [0, 0.05) is 37.1 Å². The molecule has 3 amide bonds. The lowest BCUT2D eigenvalue weighted by Gasteiger charge is -2.36. The van der Waals surface area contributed by atoms with Crippen LogP contribution in [-0.2, 0) is 28.7 Å². The average Bonchev–Trinajstić information content (AvgIpc) is 3.60. The van der Waals surface area contributed by atoms with E-state index in [4.69, 9.17) is 9.47 Å². The van der Waals surface area contributed by atoms with Crippen LogP contribution in [0.1, 0.15) is 64.0 Å². The second-order valence-electron chi connectivity index (χ2n) is 12.1. The molecule has 5 bridgehead atoms. The van der Waals surface area contributed by atoms with Crippen LogP contribution in [0.2, 0.25) is 0 Å². The van der Waals surface area contributed by atoms with E-state index in [9.17, 15) is 24.3 Å². The number of hydrogen-bond acceptors (Lipinski definition) is 7. The second kappa shape index (κ2) is 14.0. The highest BCUT2D eigenvalue weighted by Crippen LogP contribution is 2.59. The van der Waals surface area contributed by atoms with Crippen LogP contribution in [0, 0.1) is 11.8 Å². The number of likely N-dealkylation sites (tertiary alicyclic amines) is 1. The number of benzene rings is 1. The summed E-state index contributed by atoms with van der Waals surface area (Å²) in [6.45, 7) is 4.70. The smallest absolute Gasteiger partial charge is 0.313 e. The van der Waals surface area contributed by atoms with Crippen LogP contribution in [0.5, 0.6) is 0 Å². The zero-order chi connectivity index (χ0) is 31.4. The lowest BCUT2D eigenvalue weighted by Crippen LogP contribution is -2.56. The zero-order valence-corrected chi connectivity index (χ0v) is 26.9. The van der Waals surface area contributed by atoms with Crippen molar-refractivity contribution in [1.29, 1.82) is 0 Å². The van der Waals surface area contributed by atoms with Crippen molar-refractivity contribution in [3.63, 3.8) is 0 Å². The molecule has 2 fully saturated rings. The summed E-state index contributed by atoms with van der Waals surface area (Å²) in [5, 5.41) is 12.6. The molecule has 1 spiro atoms. The Morgan fingerprint density at radius 2 is 1.80 bits per heavy atom. The zero-order valence-electron chi connectivity index (χ0n) is 25.3. The number of carbonyl (C=O) groups is 4. The number of unbranched alkanes of at least 4 members (excludes halogenated alkanes) is 2. The maximum atomic E-state index is 14.5. The quantitative estimate of drug-likeness (QED) is 0.247. The molecule has 7 atom stereocenters. The summed E-state index contributed by atoms with van der Waals surface area (Å²) in [5.41, 5.74) is -0.655. The standard InChI is InChI=1S/C33H42BrN3O7/c1-3-4-10-16-36-17-11-6-9-15-24(39)35-21(2)27(22-13-7-5-8-14-22)43-32(42)25-26-30(40)37(18-12-19-38)29(31(36)41)33(26)20-23(34)28(25)44-33/h5-8,11,13-14,20-21,25-29,38H,3-4,9-10,12,15-19H2,1-2H3,(H,35,39)/b11-6-/t21-,25+,26-,27+,28+,29+,33-/m0/s1. The van der Waals surface area contributed by atoms with E-state index in [2.05, 4.69) is 28.2 Å². The van der Waals surface area contributed by atoms with Crippen LogP contribution < -0.4 is 5.32 Å². The molecule has 0 aromatic heterocycles. The summed E-state index contributed by atoms with van der Waals surface area (Å²) in [5.74, 6) is -3.41. The number of hydrogen-bond donors (Lipinski definition) is 2. The molecule has 4 aliphatic heterocycles. The van der Waals surface area contributed by atoms with Crippen LogP contribution in [-0.4, -0.2) is 88.6 Å². The summed E-state index contributed by atoms with van der Waals surface area (Å²) in [6.07, 6.45) is 7.69. The van der Waals surface area contributed by atoms with Gasteiger partial charge in [-0.1, -0.05) is 78.2 Å². The van der Waals surface area contributed by atoms with Crippen molar-refractivity contribution in [3.8, 4) is 0 Å². The Hall–Kier alpha value is -3.02. The van der Waals surface area contributed by atoms with Crippen LogP contribution in [0.3, 0.4) is 0 Å². The van der Waals surface area contributed by atoms with Crippen molar-refractivity contribution >= 4 is 39.6 Å². The molecule has 5 rings (SSSR count). The number of cyclic esters (lactones) is 1. The monoisotopic (exact) mass is 671 g/mol. The number of aliphatic hydroxyl groups is 1. The predicted octanol–water partition coefficient (Wildman–Crippen LogP) is 3.40. The van der Waals surface area contributed by atoms with E-state index in [0.29, 0.717) is 29.6 Å². The molecule has 0 radical (unpaired) electrons. The van der Waals surface area contributed by atoms with Gasteiger partial charge in [-0.25, -0.2) is 0 Å². The third kappa shape index (κ3) is 6.10. The third-order valence-corrected chi connectivity index (χ3v) is 9.76. The number of ether oxygens (including phenoxy) is 2. The highest BCUT2D eigenvalue weighted by Gasteiger charge is 2.74. The number of allylic oxidation sites excluding steroid dienone is 1. The Kier molecular flexibility index (Phi) is 10.3. The lowest BCUT2D eigenvalue weighted by molar-refractivity contribution is -0.161. The van der Waals surface area contributed by atoms with Gasteiger partial charge in [-0.05, 0) is 37.8 Å².